The van der Waals surface area contributed by atoms with Crippen LogP contribution in [0.25, 0.3) is 0 Å². The largest absolute Gasteiger partial charge is 0.462 e. The Bertz CT molecular complexity index is 1180. The average molecular weight is 865 g/mol. The molecule has 0 aliphatic heterocycles. The van der Waals surface area contributed by atoms with Gasteiger partial charge in [0.2, 0.25) is 0 Å². The van der Waals surface area contributed by atoms with Crippen molar-refractivity contribution in [3.63, 3.8) is 0 Å². The van der Waals surface area contributed by atoms with Crippen molar-refractivity contribution in [3.8, 4) is 0 Å². The topological polar surface area (TPSA) is 78.9 Å². The first-order chi connectivity index (χ1) is 30.5. The molecule has 0 amide bonds. The zero-order valence-corrected chi connectivity index (χ0v) is 40.6. The summed E-state index contributed by atoms with van der Waals surface area (Å²) in [6.45, 7) is 6.38. The number of esters is 3. The number of hydrogen-bond donors (Lipinski definition) is 0. The van der Waals surface area contributed by atoms with E-state index in [0.29, 0.717) is 19.3 Å². The molecule has 0 aromatic carbocycles. The van der Waals surface area contributed by atoms with E-state index in [1.165, 1.54) is 109 Å². The van der Waals surface area contributed by atoms with E-state index in [1.54, 1.807) is 0 Å². The third-order valence-corrected chi connectivity index (χ3v) is 11.0. The van der Waals surface area contributed by atoms with Gasteiger partial charge in [0.05, 0.1) is 0 Å². The van der Waals surface area contributed by atoms with Gasteiger partial charge in [0.1, 0.15) is 13.2 Å². The summed E-state index contributed by atoms with van der Waals surface area (Å²) in [6.07, 6.45) is 63.1. The third kappa shape index (κ3) is 47.9. The molecule has 0 N–H and O–H groups in total. The van der Waals surface area contributed by atoms with Crippen molar-refractivity contribution < 1.29 is 28.6 Å². The quantitative estimate of drug-likeness (QED) is 0.0199. The summed E-state index contributed by atoms with van der Waals surface area (Å²) in [6, 6.07) is 0. The van der Waals surface area contributed by atoms with Gasteiger partial charge in [-0.3, -0.25) is 14.4 Å². The lowest BCUT2D eigenvalue weighted by Gasteiger charge is -2.18. The molecule has 1 atom stereocenters. The molecule has 0 radical (unpaired) electrons. The monoisotopic (exact) mass is 865 g/mol. The molecule has 0 aromatic rings. The molecule has 0 aliphatic rings. The molecule has 6 heteroatoms. The average Bonchev–Trinajstić information content (AvgIpc) is 3.27. The van der Waals surface area contributed by atoms with E-state index < -0.39 is 6.10 Å². The molecule has 6 nitrogen and oxygen atoms in total. The van der Waals surface area contributed by atoms with Gasteiger partial charge in [0, 0.05) is 19.3 Å². The minimum atomic E-state index is -0.785. The molecule has 0 bridgehead atoms. The molecule has 0 spiro atoms. The van der Waals surface area contributed by atoms with E-state index in [2.05, 4.69) is 93.7 Å². The van der Waals surface area contributed by atoms with Gasteiger partial charge < -0.3 is 14.2 Å². The predicted molar refractivity (Wildman–Crippen MR) is 265 cm³/mol. The van der Waals surface area contributed by atoms with Crippen molar-refractivity contribution in [1.82, 2.24) is 0 Å². The van der Waals surface area contributed by atoms with Crippen LogP contribution >= 0.6 is 0 Å². The number of hydrogen-bond acceptors (Lipinski definition) is 6. The second-order valence-electron chi connectivity index (χ2n) is 17.1. The number of carbonyl (C=O) groups excluding carboxylic acids is 3. The standard InChI is InChI=1S/C56H96O6/c1-4-7-10-13-16-19-22-25-27-29-31-34-37-40-43-46-49-55(58)61-52-53(51-60-54(57)48-45-42-39-36-33-30-24-21-18-15-12-9-6-3)62-56(59)50-47-44-41-38-35-32-28-26-23-20-17-14-11-8-5-2/h7-8,10-11,14,16-17,19-20,23,25,27,53H,4-6,9,12-13,15,18,21-22,24,26,28-52H2,1-3H3/b10-7-,11-8-,17-14-,19-16-,23-20-,27-25-. The van der Waals surface area contributed by atoms with Crippen molar-refractivity contribution in [2.24, 2.45) is 0 Å². The maximum atomic E-state index is 12.8. The van der Waals surface area contributed by atoms with E-state index in [9.17, 15) is 14.4 Å². The summed E-state index contributed by atoms with van der Waals surface area (Å²) in [5, 5.41) is 0. The summed E-state index contributed by atoms with van der Waals surface area (Å²) in [5.74, 6) is -0.905. The van der Waals surface area contributed by atoms with Gasteiger partial charge in [-0.15, -0.1) is 0 Å². The fraction of sp³-hybridized carbons (Fsp3) is 0.732. The Balaban J connectivity index is 4.41. The highest BCUT2D eigenvalue weighted by Crippen LogP contribution is 2.15. The molecular weight excluding hydrogens is 769 g/mol. The number of unbranched alkanes of at least 4 members (excludes halogenated alkanes) is 25. The highest BCUT2D eigenvalue weighted by molar-refractivity contribution is 5.71. The Morgan fingerprint density at radius 3 is 1.16 bits per heavy atom. The summed E-state index contributed by atoms with van der Waals surface area (Å²) in [7, 11) is 0. The second kappa shape index (κ2) is 50.5. The molecule has 0 fully saturated rings. The van der Waals surface area contributed by atoms with E-state index in [0.717, 1.165) is 96.3 Å². The minimum Gasteiger partial charge on any atom is -0.462 e. The van der Waals surface area contributed by atoms with Crippen molar-refractivity contribution >= 4 is 17.9 Å². The van der Waals surface area contributed by atoms with Crippen molar-refractivity contribution in [1.29, 1.82) is 0 Å². The fourth-order valence-electron chi connectivity index (χ4n) is 7.16. The zero-order valence-electron chi connectivity index (χ0n) is 40.6. The van der Waals surface area contributed by atoms with E-state index >= 15 is 0 Å². The Morgan fingerprint density at radius 1 is 0.355 bits per heavy atom. The summed E-state index contributed by atoms with van der Waals surface area (Å²) >= 11 is 0. The summed E-state index contributed by atoms with van der Waals surface area (Å²) in [4.78, 5) is 38.0. The highest BCUT2D eigenvalue weighted by atomic mass is 16.6. The van der Waals surface area contributed by atoms with Gasteiger partial charge in [-0.2, -0.15) is 0 Å². The molecule has 62 heavy (non-hydrogen) atoms. The first-order valence-corrected chi connectivity index (χ1v) is 26.0. The van der Waals surface area contributed by atoms with E-state index in [-0.39, 0.29) is 31.1 Å². The Morgan fingerprint density at radius 2 is 0.710 bits per heavy atom. The first-order valence-electron chi connectivity index (χ1n) is 26.0. The van der Waals surface area contributed by atoms with Crippen LogP contribution in [0.1, 0.15) is 245 Å². The fourth-order valence-corrected chi connectivity index (χ4v) is 7.16. The SMILES string of the molecule is CC\C=C/C=C\C=C/CCCCCCCCCC(=O)OC(COC(=O)CCCCCCCC/C=C\C/C=C\C/C=C\CC)COC(=O)CCCCCCCCCCCCCCC. The van der Waals surface area contributed by atoms with Crippen LogP contribution in [0.2, 0.25) is 0 Å². The molecule has 0 rings (SSSR count). The van der Waals surface area contributed by atoms with Crippen LogP contribution in [0.4, 0.5) is 0 Å². The first kappa shape index (κ1) is 58.9. The number of ether oxygens (including phenoxy) is 3. The molecule has 0 saturated carbocycles. The number of rotatable bonds is 46. The van der Waals surface area contributed by atoms with Gasteiger partial charge in [0.25, 0.3) is 0 Å². The molecule has 0 aromatic heterocycles. The highest BCUT2D eigenvalue weighted by Gasteiger charge is 2.19. The van der Waals surface area contributed by atoms with Crippen molar-refractivity contribution in [3.05, 3.63) is 72.9 Å². The van der Waals surface area contributed by atoms with Crippen LogP contribution < -0.4 is 0 Å². The van der Waals surface area contributed by atoms with Crippen LogP contribution in [-0.4, -0.2) is 37.2 Å². The van der Waals surface area contributed by atoms with Crippen LogP contribution in [0.3, 0.4) is 0 Å². The lowest BCUT2D eigenvalue weighted by Crippen LogP contribution is -2.30. The summed E-state index contributed by atoms with van der Waals surface area (Å²) < 4.78 is 16.8. The van der Waals surface area contributed by atoms with Crippen LogP contribution in [0, 0.1) is 0 Å². The molecule has 356 valence electrons. The van der Waals surface area contributed by atoms with E-state index in [1.807, 2.05) is 0 Å². The van der Waals surface area contributed by atoms with Crippen LogP contribution in [0.15, 0.2) is 72.9 Å². The van der Waals surface area contributed by atoms with Crippen LogP contribution in [-0.2, 0) is 28.6 Å². The zero-order chi connectivity index (χ0) is 45.1. The maximum Gasteiger partial charge on any atom is 0.306 e. The van der Waals surface area contributed by atoms with Gasteiger partial charge in [-0.1, -0.05) is 229 Å². The number of allylic oxidation sites excluding steroid dienone is 12. The van der Waals surface area contributed by atoms with E-state index in [4.69, 9.17) is 14.2 Å². The lowest BCUT2D eigenvalue weighted by molar-refractivity contribution is -0.167. The Hall–Kier alpha value is -3.15. The maximum absolute atomic E-state index is 12.8. The van der Waals surface area contributed by atoms with Gasteiger partial charge in [-0.25, -0.2) is 0 Å². The molecule has 0 saturated heterocycles. The molecule has 1 unspecified atom stereocenters. The third-order valence-electron chi connectivity index (χ3n) is 11.0. The van der Waals surface area contributed by atoms with Crippen molar-refractivity contribution in [2.45, 2.75) is 252 Å². The summed E-state index contributed by atoms with van der Waals surface area (Å²) in [5.41, 5.74) is 0. The Labute approximate surface area is 382 Å². The van der Waals surface area contributed by atoms with Crippen molar-refractivity contribution in [2.75, 3.05) is 13.2 Å². The molecule has 0 aliphatic carbocycles. The molecular formula is C56H96O6. The normalized spacial score (nSPS) is 12.6. The minimum absolute atomic E-state index is 0.0831. The Kier molecular flexibility index (Phi) is 47.9. The van der Waals surface area contributed by atoms with Gasteiger partial charge in [-0.05, 0) is 70.6 Å². The van der Waals surface area contributed by atoms with Gasteiger partial charge >= 0.3 is 17.9 Å². The molecule has 0 heterocycles. The van der Waals surface area contributed by atoms with Gasteiger partial charge in [0.15, 0.2) is 6.10 Å². The smallest absolute Gasteiger partial charge is 0.306 e. The predicted octanol–water partition coefficient (Wildman–Crippen LogP) is 17.0. The second-order valence-corrected chi connectivity index (χ2v) is 17.1. The van der Waals surface area contributed by atoms with Crippen LogP contribution in [0.5, 0.6) is 0 Å². The lowest BCUT2D eigenvalue weighted by atomic mass is 10.0. The number of carbonyl (C=O) groups is 3.